The number of hydrazine groups is 1. The average Bonchev–Trinajstić information content (AvgIpc) is 3.12. The van der Waals surface area contributed by atoms with Crippen LogP contribution in [0, 0.1) is 6.92 Å². The Morgan fingerprint density at radius 3 is 2.29 bits per heavy atom. The Morgan fingerprint density at radius 1 is 1.03 bits per heavy atom. The Kier molecular flexibility index (Phi) is 10.1. The van der Waals surface area contributed by atoms with Gasteiger partial charge in [-0.3, -0.25) is 10.2 Å². The minimum absolute atomic E-state index is 0.0993. The van der Waals surface area contributed by atoms with Crippen molar-refractivity contribution in [1.29, 1.82) is 0 Å². The van der Waals surface area contributed by atoms with E-state index < -0.39 is 12.1 Å². The quantitative estimate of drug-likeness (QED) is 0.235. The van der Waals surface area contributed by atoms with Crippen LogP contribution in [0.5, 0.6) is 0 Å². The highest BCUT2D eigenvalue weighted by atomic mass is 19.4. The number of hydrogen-bond donors (Lipinski definition) is 5. The second-order valence-corrected chi connectivity index (χ2v) is 7.58. The summed E-state index contributed by atoms with van der Waals surface area (Å²) in [5.41, 5.74) is 11.3. The smallest absolute Gasteiger partial charge is 0.475 e. The summed E-state index contributed by atoms with van der Waals surface area (Å²) in [6, 6.07) is 16.2. The van der Waals surface area contributed by atoms with Crippen LogP contribution in [0.2, 0.25) is 0 Å². The third-order valence-electron chi connectivity index (χ3n) is 4.94. The van der Waals surface area contributed by atoms with Crippen LogP contribution in [0.1, 0.15) is 40.5 Å². The number of aromatic amines is 1. The largest absolute Gasteiger partial charge is 0.490 e. The first-order valence-electron chi connectivity index (χ1n) is 10.8. The molecule has 0 aliphatic carbocycles. The zero-order valence-electron chi connectivity index (χ0n) is 19.1. The Morgan fingerprint density at radius 2 is 1.68 bits per heavy atom. The number of amides is 1. The third-order valence-corrected chi connectivity index (χ3v) is 4.94. The number of halogens is 3. The van der Waals surface area contributed by atoms with E-state index in [1.165, 1.54) is 27.7 Å². The molecule has 0 unspecified atom stereocenters. The molecule has 0 aliphatic rings. The molecule has 0 saturated carbocycles. The number of rotatable bonds is 9. The number of alkyl halides is 3. The lowest BCUT2D eigenvalue weighted by Gasteiger charge is -2.08. The first-order valence-corrected chi connectivity index (χ1v) is 10.8. The van der Waals surface area contributed by atoms with E-state index in [2.05, 4.69) is 59.3 Å². The molecule has 3 aromatic rings. The van der Waals surface area contributed by atoms with E-state index in [9.17, 15) is 18.0 Å². The van der Waals surface area contributed by atoms with Crippen LogP contribution in [0.4, 0.5) is 13.2 Å². The fourth-order valence-electron chi connectivity index (χ4n) is 3.22. The number of aryl methyl sites for hydroxylation is 1. The molecule has 2 aromatic carbocycles. The molecule has 1 amide bonds. The molecule has 3 rings (SSSR count). The number of nitrogens with one attached hydrogen (secondary N) is 4. The highest BCUT2D eigenvalue weighted by molar-refractivity contribution is 5.93. The standard InChI is InChI=1S/C22H28N4O.C2HF3O2/c1-3-13-24-26-22(27)18-10-8-17(9-11-18)15-23-14-12-19-16(2)25-21-7-5-4-6-20(19)21;3-2(4,5)1(6)7/h4-11,23-25H,3,12-15H2,1-2H3,(H,26,27);(H,6,7). The average molecular weight is 479 g/mol. The first kappa shape index (κ1) is 26.9. The van der Waals surface area contributed by atoms with Crippen molar-refractivity contribution in [2.24, 2.45) is 0 Å². The van der Waals surface area contributed by atoms with Gasteiger partial charge in [-0.25, -0.2) is 10.2 Å². The number of hydrogen-bond acceptors (Lipinski definition) is 4. The number of carboxylic acid groups (broad SMARTS) is 1. The van der Waals surface area contributed by atoms with Gasteiger partial charge < -0.3 is 15.4 Å². The molecule has 0 bridgehead atoms. The van der Waals surface area contributed by atoms with Gasteiger partial charge in [-0.1, -0.05) is 37.3 Å². The molecule has 34 heavy (non-hydrogen) atoms. The summed E-state index contributed by atoms with van der Waals surface area (Å²) in [6.07, 6.45) is -3.12. The summed E-state index contributed by atoms with van der Waals surface area (Å²) in [5, 5.41) is 11.9. The minimum Gasteiger partial charge on any atom is -0.475 e. The van der Waals surface area contributed by atoms with Gasteiger partial charge >= 0.3 is 12.1 Å². The zero-order chi connectivity index (χ0) is 25.1. The highest BCUT2D eigenvalue weighted by Gasteiger charge is 2.38. The number of benzene rings is 2. The van der Waals surface area contributed by atoms with Gasteiger partial charge in [0.15, 0.2) is 0 Å². The lowest BCUT2D eigenvalue weighted by atomic mass is 10.1. The number of aromatic nitrogens is 1. The summed E-state index contributed by atoms with van der Waals surface area (Å²) in [6.45, 7) is 6.65. The van der Waals surface area contributed by atoms with Crippen molar-refractivity contribution in [2.45, 2.75) is 39.4 Å². The summed E-state index contributed by atoms with van der Waals surface area (Å²) >= 11 is 0. The van der Waals surface area contributed by atoms with E-state index in [-0.39, 0.29) is 5.91 Å². The van der Waals surface area contributed by atoms with Crippen molar-refractivity contribution in [2.75, 3.05) is 13.1 Å². The molecule has 0 saturated heterocycles. The highest BCUT2D eigenvalue weighted by Crippen LogP contribution is 2.22. The van der Waals surface area contributed by atoms with Crippen molar-refractivity contribution < 1.29 is 27.9 Å². The monoisotopic (exact) mass is 478 g/mol. The summed E-state index contributed by atoms with van der Waals surface area (Å²) in [5.74, 6) is -2.86. The molecule has 0 fully saturated rings. The van der Waals surface area contributed by atoms with Crippen LogP contribution in [-0.2, 0) is 17.8 Å². The maximum absolute atomic E-state index is 12.0. The number of aliphatic carboxylic acids is 1. The molecule has 0 radical (unpaired) electrons. The molecule has 5 N–H and O–H groups in total. The molecule has 1 aromatic heterocycles. The van der Waals surface area contributed by atoms with Crippen LogP contribution >= 0.6 is 0 Å². The predicted molar refractivity (Wildman–Crippen MR) is 124 cm³/mol. The van der Waals surface area contributed by atoms with Gasteiger partial charge in [0.2, 0.25) is 0 Å². The molecule has 184 valence electrons. The Labute approximate surface area is 195 Å². The van der Waals surface area contributed by atoms with Crippen LogP contribution in [0.25, 0.3) is 10.9 Å². The van der Waals surface area contributed by atoms with Gasteiger partial charge in [0, 0.05) is 35.2 Å². The van der Waals surface area contributed by atoms with E-state index in [1.54, 1.807) is 0 Å². The molecular weight excluding hydrogens is 449 g/mol. The van der Waals surface area contributed by atoms with E-state index in [0.717, 1.165) is 32.5 Å². The van der Waals surface area contributed by atoms with Crippen molar-refractivity contribution in [3.05, 3.63) is 70.9 Å². The van der Waals surface area contributed by atoms with Gasteiger partial charge in [0.05, 0.1) is 0 Å². The van der Waals surface area contributed by atoms with Crippen molar-refractivity contribution in [3.8, 4) is 0 Å². The van der Waals surface area contributed by atoms with E-state index in [4.69, 9.17) is 9.90 Å². The number of carbonyl (C=O) groups is 2. The minimum atomic E-state index is -5.08. The normalized spacial score (nSPS) is 11.1. The maximum Gasteiger partial charge on any atom is 0.490 e. The Bertz CT molecular complexity index is 1080. The van der Waals surface area contributed by atoms with Gasteiger partial charge in [0.1, 0.15) is 0 Å². The van der Waals surface area contributed by atoms with Crippen LogP contribution in [0.15, 0.2) is 48.5 Å². The topological polar surface area (TPSA) is 106 Å². The second-order valence-electron chi connectivity index (χ2n) is 7.58. The van der Waals surface area contributed by atoms with Crippen LogP contribution in [0.3, 0.4) is 0 Å². The third kappa shape index (κ3) is 8.20. The number of fused-ring (bicyclic) bond motifs is 1. The molecule has 0 atom stereocenters. The number of para-hydroxylation sites is 1. The van der Waals surface area contributed by atoms with Gasteiger partial charge in [-0.2, -0.15) is 13.2 Å². The van der Waals surface area contributed by atoms with Gasteiger partial charge in [0.25, 0.3) is 5.91 Å². The molecule has 7 nitrogen and oxygen atoms in total. The van der Waals surface area contributed by atoms with Crippen molar-refractivity contribution in [3.63, 3.8) is 0 Å². The lowest BCUT2D eigenvalue weighted by molar-refractivity contribution is -0.192. The number of carboxylic acids is 1. The lowest BCUT2D eigenvalue weighted by Crippen LogP contribution is -2.37. The number of carbonyl (C=O) groups excluding carboxylic acids is 1. The number of H-pyrrole nitrogens is 1. The van der Waals surface area contributed by atoms with Crippen molar-refractivity contribution in [1.82, 2.24) is 21.2 Å². The Hall–Kier alpha value is -3.37. The van der Waals surface area contributed by atoms with Crippen molar-refractivity contribution >= 4 is 22.8 Å². The fourth-order valence-corrected chi connectivity index (χ4v) is 3.22. The zero-order valence-corrected chi connectivity index (χ0v) is 19.1. The van der Waals surface area contributed by atoms with Gasteiger partial charge in [-0.15, -0.1) is 0 Å². The molecule has 0 spiro atoms. The second kappa shape index (κ2) is 12.8. The first-order chi connectivity index (χ1) is 16.1. The summed E-state index contributed by atoms with van der Waals surface area (Å²) in [7, 11) is 0. The summed E-state index contributed by atoms with van der Waals surface area (Å²) < 4.78 is 31.7. The van der Waals surface area contributed by atoms with Crippen LogP contribution < -0.4 is 16.2 Å². The summed E-state index contributed by atoms with van der Waals surface area (Å²) in [4.78, 5) is 24.3. The predicted octanol–water partition coefficient (Wildman–Crippen LogP) is 4.09. The molecular formula is C24H29F3N4O3. The SMILES string of the molecule is CCCNNC(=O)c1ccc(CNCCc2c(C)[nH]c3ccccc23)cc1.O=C(O)C(F)(F)F. The molecule has 0 aliphatic heterocycles. The molecule has 10 heteroatoms. The molecule has 1 heterocycles. The van der Waals surface area contributed by atoms with E-state index in [1.807, 2.05) is 24.3 Å². The van der Waals surface area contributed by atoms with Gasteiger partial charge in [-0.05, 0) is 55.6 Å². The Balaban J connectivity index is 0.000000509. The maximum atomic E-state index is 12.0. The van der Waals surface area contributed by atoms with Crippen LogP contribution in [-0.4, -0.2) is 41.2 Å². The van der Waals surface area contributed by atoms with E-state index >= 15 is 0 Å². The van der Waals surface area contributed by atoms with E-state index in [0.29, 0.717) is 5.56 Å². The fraction of sp³-hybridized carbons (Fsp3) is 0.333.